The van der Waals surface area contributed by atoms with Gasteiger partial charge in [0.05, 0.1) is 16.7 Å². The van der Waals surface area contributed by atoms with Crippen molar-refractivity contribution in [2.75, 3.05) is 25.1 Å². The Balaban J connectivity index is 2.14. The second-order valence-corrected chi connectivity index (χ2v) is 5.77. The van der Waals surface area contributed by atoms with Crippen molar-refractivity contribution in [3.8, 4) is 6.07 Å². The van der Waals surface area contributed by atoms with Crippen LogP contribution < -0.4 is 5.32 Å². The van der Waals surface area contributed by atoms with Crippen molar-refractivity contribution in [3.63, 3.8) is 0 Å². The Labute approximate surface area is 125 Å². The SMILES string of the molecule is N#Cc1cc(Br)ccc1NCC1(C(=O)O)CCOCC1. The lowest BCUT2D eigenvalue weighted by atomic mass is 9.80. The molecule has 1 aliphatic rings. The zero-order valence-electron chi connectivity index (χ0n) is 10.9. The number of anilines is 1. The molecule has 1 aromatic carbocycles. The van der Waals surface area contributed by atoms with Gasteiger partial charge in [-0.05, 0) is 31.0 Å². The van der Waals surface area contributed by atoms with E-state index < -0.39 is 11.4 Å². The quantitative estimate of drug-likeness (QED) is 0.881. The molecule has 0 bridgehead atoms. The highest BCUT2D eigenvalue weighted by atomic mass is 79.9. The lowest BCUT2D eigenvalue weighted by molar-refractivity contribution is -0.153. The highest BCUT2D eigenvalue weighted by Crippen LogP contribution is 2.32. The summed E-state index contributed by atoms with van der Waals surface area (Å²) in [6.07, 6.45) is 0.960. The minimum absolute atomic E-state index is 0.294. The summed E-state index contributed by atoms with van der Waals surface area (Å²) in [7, 11) is 0. The number of nitrogens with zero attached hydrogens (tertiary/aromatic N) is 1. The molecule has 0 aromatic heterocycles. The molecule has 0 amide bonds. The van der Waals surface area contributed by atoms with Gasteiger partial charge in [-0.25, -0.2) is 0 Å². The maximum atomic E-state index is 11.5. The van der Waals surface area contributed by atoms with Gasteiger partial charge in [-0.3, -0.25) is 4.79 Å². The van der Waals surface area contributed by atoms with E-state index >= 15 is 0 Å². The normalized spacial score (nSPS) is 17.2. The Morgan fingerprint density at radius 3 is 2.80 bits per heavy atom. The Bertz CT molecular complexity index is 548. The van der Waals surface area contributed by atoms with E-state index in [2.05, 4.69) is 27.3 Å². The van der Waals surface area contributed by atoms with Crippen LogP contribution in [0.15, 0.2) is 22.7 Å². The van der Waals surface area contributed by atoms with Gasteiger partial charge >= 0.3 is 5.97 Å². The maximum absolute atomic E-state index is 11.5. The summed E-state index contributed by atoms with van der Waals surface area (Å²) in [5.41, 5.74) is 0.327. The van der Waals surface area contributed by atoms with Gasteiger partial charge in [-0.15, -0.1) is 0 Å². The van der Waals surface area contributed by atoms with Gasteiger partial charge in [-0.2, -0.15) is 5.26 Å². The van der Waals surface area contributed by atoms with Crippen LogP contribution in [0, 0.1) is 16.7 Å². The molecule has 2 N–H and O–H groups in total. The van der Waals surface area contributed by atoms with Crippen LogP contribution in [-0.4, -0.2) is 30.8 Å². The van der Waals surface area contributed by atoms with E-state index in [4.69, 9.17) is 10.00 Å². The lowest BCUT2D eigenvalue weighted by Gasteiger charge is -2.33. The summed E-state index contributed by atoms with van der Waals surface area (Å²) >= 11 is 3.31. The van der Waals surface area contributed by atoms with E-state index in [0.717, 1.165) is 4.47 Å². The van der Waals surface area contributed by atoms with Crippen LogP contribution in [0.3, 0.4) is 0 Å². The average molecular weight is 339 g/mol. The van der Waals surface area contributed by atoms with Crippen LogP contribution in [0.4, 0.5) is 5.69 Å². The summed E-state index contributed by atoms with van der Waals surface area (Å²) in [6.45, 7) is 1.21. The molecule has 20 heavy (non-hydrogen) atoms. The number of carbonyl (C=O) groups is 1. The molecule has 1 heterocycles. The summed E-state index contributed by atoms with van der Waals surface area (Å²) in [4.78, 5) is 11.5. The first-order chi connectivity index (χ1) is 9.57. The van der Waals surface area contributed by atoms with Crippen molar-refractivity contribution in [1.82, 2.24) is 0 Å². The number of hydrogen-bond acceptors (Lipinski definition) is 4. The Hall–Kier alpha value is -1.58. The predicted molar refractivity (Wildman–Crippen MR) is 77.5 cm³/mol. The van der Waals surface area contributed by atoms with Gasteiger partial charge in [0.25, 0.3) is 0 Å². The van der Waals surface area contributed by atoms with Crippen LogP contribution in [0.2, 0.25) is 0 Å². The number of benzene rings is 1. The van der Waals surface area contributed by atoms with E-state index in [0.29, 0.717) is 43.9 Å². The van der Waals surface area contributed by atoms with Gasteiger partial charge in [0.2, 0.25) is 0 Å². The van der Waals surface area contributed by atoms with Crippen LogP contribution in [0.5, 0.6) is 0 Å². The van der Waals surface area contributed by atoms with Crippen molar-refractivity contribution in [2.45, 2.75) is 12.8 Å². The van der Waals surface area contributed by atoms with E-state index in [1.807, 2.05) is 6.07 Å². The first-order valence-electron chi connectivity index (χ1n) is 6.32. The molecule has 1 fully saturated rings. The van der Waals surface area contributed by atoms with Crippen molar-refractivity contribution in [1.29, 1.82) is 5.26 Å². The molecule has 0 radical (unpaired) electrons. The number of carboxylic acid groups (broad SMARTS) is 1. The number of carboxylic acids is 1. The molecular weight excluding hydrogens is 324 g/mol. The Morgan fingerprint density at radius 2 is 2.20 bits per heavy atom. The Morgan fingerprint density at radius 1 is 1.50 bits per heavy atom. The van der Waals surface area contributed by atoms with E-state index in [1.54, 1.807) is 12.1 Å². The van der Waals surface area contributed by atoms with Gasteiger partial charge in [-0.1, -0.05) is 15.9 Å². The third-order valence-corrected chi connectivity index (χ3v) is 4.12. The van der Waals surface area contributed by atoms with E-state index in [1.165, 1.54) is 0 Å². The standard InChI is InChI=1S/C14H15BrN2O3/c15-11-1-2-12(10(7-11)8-16)17-9-14(13(18)19)3-5-20-6-4-14/h1-2,7,17H,3-6,9H2,(H,18,19). The molecule has 0 saturated carbocycles. The van der Waals surface area contributed by atoms with Crippen LogP contribution in [0.25, 0.3) is 0 Å². The van der Waals surface area contributed by atoms with Gasteiger partial charge in [0, 0.05) is 24.2 Å². The zero-order valence-corrected chi connectivity index (χ0v) is 12.4. The smallest absolute Gasteiger partial charge is 0.311 e. The Kier molecular flexibility index (Phi) is 4.63. The van der Waals surface area contributed by atoms with Crippen molar-refractivity contribution < 1.29 is 14.6 Å². The molecule has 0 unspecified atom stereocenters. The van der Waals surface area contributed by atoms with Crippen molar-refractivity contribution >= 4 is 27.6 Å². The second kappa shape index (κ2) is 6.25. The summed E-state index contributed by atoms with van der Waals surface area (Å²) < 4.78 is 6.06. The van der Waals surface area contributed by atoms with Crippen LogP contribution >= 0.6 is 15.9 Å². The monoisotopic (exact) mass is 338 g/mol. The summed E-state index contributed by atoms with van der Waals surface area (Å²) in [6, 6.07) is 7.40. The fraction of sp³-hybridized carbons (Fsp3) is 0.429. The van der Waals surface area contributed by atoms with Gasteiger partial charge in [0.15, 0.2) is 0 Å². The number of ether oxygens (including phenoxy) is 1. The number of nitriles is 1. The molecule has 0 atom stereocenters. The van der Waals surface area contributed by atoms with E-state index in [-0.39, 0.29) is 0 Å². The fourth-order valence-corrected chi connectivity index (χ4v) is 2.62. The third kappa shape index (κ3) is 3.11. The zero-order chi connectivity index (χ0) is 14.6. The van der Waals surface area contributed by atoms with E-state index in [9.17, 15) is 9.90 Å². The molecule has 1 aromatic rings. The first kappa shape index (κ1) is 14.8. The molecular formula is C14H15BrN2O3. The first-order valence-corrected chi connectivity index (χ1v) is 7.11. The molecule has 6 heteroatoms. The lowest BCUT2D eigenvalue weighted by Crippen LogP contribution is -2.42. The molecule has 1 aliphatic heterocycles. The fourth-order valence-electron chi connectivity index (χ4n) is 2.26. The number of halogens is 1. The molecule has 1 saturated heterocycles. The summed E-state index contributed by atoms with van der Waals surface area (Å²) in [5, 5.41) is 21.7. The van der Waals surface area contributed by atoms with Crippen molar-refractivity contribution in [3.05, 3.63) is 28.2 Å². The average Bonchev–Trinajstić information content (AvgIpc) is 2.46. The van der Waals surface area contributed by atoms with Crippen LogP contribution in [-0.2, 0) is 9.53 Å². The second-order valence-electron chi connectivity index (χ2n) is 4.85. The molecule has 2 rings (SSSR count). The predicted octanol–water partition coefficient (Wildman–Crippen LogP) is 2.61. The van der Waals surface area contributed by atoms with Gasteiger partial charge in [0.1, 0.15) is 6.07 Å². The minimum atomic E-state index is -0.821. The maximum Gasteiger partial charge on any atom is 0.311 e. The molecule has 0 spiro atoms. The minimum Gasteiger partial charge on any atom is -0.481 e. The summed E-state index contributed by atoms with van der Waals surface area (Å²) in [5.74, 6) is -0.816. The molecule has 106 valence electrons. The largest absolute Gasteiger partial charge is 0.481 e. The molecule has 5 nitrogen and oxygen atoms in total. The third-order valence-electron chi connectivity index (χ3n) is 3.62. The molecule has 0 aliphatic carbocycles. The highest BCUT2D eigenvalue weighted by Gasteiger charge is 2.40. The number of aliphatic carboxylic acids is 1. The number of rotatable bonds is 4. The highest BCUT2D eigenvalue weighted by molar-refractivity contribution is 9.10. The van der Waals surface area contributed by atoms with Gasteiger partial charge < -0.3 is 15.2 Å². The van der Waals surface area contributed by atoms with Crippen LogP contribution in [0.1, 0.15) is 18.4 Å². The topological polar surface area (TPSA) is 82.4 Å². The number of hydrogen-bond donors (Lipinski definition) is 2. The van der Waals surface area contributed by atoms with Crippen molar-refractivity contribution in [2.24, 2.45) is 5.41 Å². The number of nitrogens with one attached hydrogen (secondary N) is 1.